The molecule has 0 aliphatic carbocycles. The van der Waals surface area contributed by atoms with Gasteiger partial charge in [-0.3, -0.25) is 0 Å². The Morgan fingerprint density at radius 2 is 1.08 bits per heavy atom. The van der Waals surface area contributed by atoms with E-state index in [0.717, 1.165) is 4.47 Å². The lowest BCUT2D eigenvalue weighted by Crippen LogP contribution is -2.10. The van der Waals surface area contributed by atoms with E-state index in [1.54, 1.807) is 0 Å². The molecule has 1 nitrogen and oxygen atoms in total. The van der Waals surface area contributed by atoms with Crippen LogP contribution in [0.15, 0.2) is 102 Å². The van der Waals surface area contributed by atoms with Crippen LogP contribution in [-0.2, 0) is 0 Å². The van der Waals surface area contributed by atoms with Crippen molar-refractivity contribution in [2.24, 2.45) is 0 Å². The number of para-hydroxylation sites is 3. The van der Waals surface area contributed by atoms with Gasteiger partial charge >= 0.3 is 0 Å². The molecule has 0 saturated heterocycles. The molecule has 0 spiro atoms. The van der Waals surface area contributed by atoms with Gasteiger partial charge < -0.3 is 4.90 Å². The smallest absolute Gasteiger partial charge is 0.0540 e. The van der Waals surface area contributed by atoms with Crippen molar-refractivity contribution in [2.45, 2.75) is 0 Å². The number of hydrogen-bond donors (Lipinski definition) is 0. The average molecular weight is 398 g/mol. The molecule has 0 fully saturated rings. The normalized spacial score (nSPS) is 12.0. The van der Waals surface area contributed by atoms with Gasteiger partial charge in [0.05, 0.1) is 11.4 Å². The summed E-state index contributed by atoms with van der Waals surface area (Å²) >= 11 is 3.65. The monoisotopic (exact) mass is 397 g/mol. The predicted octanol–water partition coefficient (Wildman–Crippen LogP) is 7.57. The molecule has 0 atom stereocenters. The molecule has 0 amide bonds. The second-order valence-corrected chi connectivity index (χ2v) is 7.31. The highest BCUT2D eigenvalue weighted by Gasteiger charge is 2.25. The van der Waals surface area contributed by atoms with Gasteiger partial charge in [-0.2, -0.15) is 0 Å². The molecule has 4 aromatic rings. The summed E-state index contributed by atoms with van der Waals surface area (Å²) in [6.07, 6.45) is 0. The van der Waals surface area contributed by atoms with Crippen LogP contribution in [-0.4, -0.2) is 0 Å². The quantitative estimate of drug-likeness (QED) is 0.282. The van der Waals surface area contributed by atoms with Gasteiger partial charge in [0.15, 0.2) is 0 Å². The Hall–Kier alpha value is -2.84. The Kier molecular flexibility index (Phi) is 3.65. The largest absolute Gasteiger partial charge is 0.309 e. The first kappa shape index (κ1) is 15.4. The summed E-state index contributed by atoms with van der Waals surface area (Å²) in [4.78, 5) is 2.36. The van der Waals surface area contributed by atoms with Gasteiger partial charge in [0.1, 0.15) is 0 Å². The second kappa shape index (κ2) is 6.15. The van der Waals surface area contributed by atoms with E-state index in [2.05, 4.69) is 118 Å². The Labute approximate surface area is 161 Å². The third kappa shape index (κ3) is 2.38. The molecule has 5 rings (SSSR count). The number of anilines is 3. The molecule has 1 aliphatic rings. The summed E-state index contributed by atoms with van der Waals surface area (Å²) in [6, 6.07) is 34.4. The minimum atomic E-state index is 1.09. The second-order valence-electron chi connectivity index (χ2n) is 6.40. The topological polar surface area (TPSA) is 3.24 Å². The zero-order chi connectivity index (χ0) is 17.5. The van der Waals surface area contributed by atoms with Crippen LogP contribution in [0.5, 0.6) is 0 Å². The zero-order valence-corrected chi connectivity index (χ0v) is 15.6. The Morgan fingerprint density at radius 3 is 1.77 bits per heavy atom. The number of fused-ring (bicyclic) bond motifs is 5. The Bertz CT molecular complexity index is 1100. The summed E-state index contributed by atoms with van der Waals surface area (Å²) in [5.74, 6) is 0. The van der Waals surface area contributed by atoms with E-state index in [-0.39, 0.29) is 0 Å². The number of hydrogen-bond acceptors (Lipinski definition) is 1. The molecule has 124 valence electrons. The van der Waals surface area contributed by atoms with Gasteiger partial charge in [-0.05, 0) is 47.5 Å². The maximum atomic E-state index is 3.65. The maximum Gasteiger partial charge on any atom is 0.0540 e. The summed E-state index contributed by atoms with van der Waals surface area (Å²) in [7, 11) is 0. The number of nitrogens with zero attached hydrogens (tertiary/aromatic N) is 1. The van der Waals surface area contributed by atoms with Gasteiger partial charge in [-0.15, -0.1) is 0 Å². The van der Waals surface area contributed by atoms with Crippen molar-refractivity contribution in [3.8, 4) is 22.3 Å². The van der Waals surface area contributed by atoms with E-state index in [1.165, 1.54) is 39.3 Å². The van der Waals surface area contributed by atoms with Crippen molar-refractivity contribution >= 4 is 33.0 Å². The van der Waals surface area contributed by atoms with Crippen LogP contribution < -0.4 is 4.90 Å². The van der Waals surface area contributed by atoms with Gasteiger partial charge in [-0.25, -0.2) is 0 Å². The summed E-state index contributed by atoms with van der Waals surface area (Å²) in [5, 5.41) is 0. The van der Waals surface area contributed by atoms with Crippen molar-refractivity contribution < 1.29 is 0 Å². The highest BCUT2D eigenvalue weighted by atomic mass is 79.9. The van der Waals surface area contributed by atoms with Crippen molar-refractivity contribution in [1.29, 1.82) is 0 Å². The summed E-state index contributed by atoms with van der Waals surface area (Å²) in [6.45, 7) is 0. The lowest BCUT2D eigenvalue weighted by atomic mass is 9.95. The first-order chi connectivity index (χ1) is 12.8. The van der Waals surface area contributed by atoms with Crippen molar-refractivity contribution in [3.05, 3.63) is 102 Å². The average Bonchev–Trinajstić information content (AvgIpc) is 2.81. The van der Waals surface area contributed by atoms with Crippen LogP contribution in [0.1, 0.15) is 0 Å². The zero-order valence-electron chi connectivity index (χ0n) is 14.1. The SMILES string of the molecule is Brc1ccc2c(c1)-c1ccccc1N(c1ccccc1)c1ccccc1-2. The molecule has 1 aliphatic heterocycles. The molecular formula is C24H16BrN. The molecule has 0 radical (unpaired) electrons. The maximum absolute atomic E-state index is 3.65. The van der Waals surface area contributed by atoms with E-state index in [1.807, 2.05) is 0 Å². The molecule has 0 saturated carbocycles. The first-order valence-corrected chi connectivity index (χ1v) is 9.46. The fraction of sp³-hybridized carbons (Fsp3) is 0. The van der Waals surface area contributed by atoms with Gasteiger partial charge in [0.25, 0.3) is 0 Å². The van der Waals surface area contributed by atoms with Gasteiger partial charge in [0, 0.05) is 21.3 Å². The van der Waals surface area contributed by atoms with Gasteiger partial charge in [0.2, 0.25) is 0 Å². The third-order valence-corrected chi connectivity index (χ3v) is 5.36. The fourth-order valence-electron chi connectivity index (χ4n) is 3.75. The van der Waals surface area contributed by atoms with E-state index in [4.69, 9.17) is 0 Å². The predicted molar refractivity (Wildman–Crippen MR) is 113 cm³/mol. The van der Waals surface area contributed by atoms with E-state index < -0.39 is 0 Å². The molecule has 0 N–H and O–H groups in total. The first-order valence-electron chi connectivity index (χ1n) is 8.66. The van der Waals surface area contributed by atoms with Crippen LogP contribution in [0.3, 0.4) is 0 Å². The molecule has 2 heteroatoms. The summed E-state index contributed by atoms with van der Waals surface area (Å²) in [5.41, 5.74) is 8.56. The van der Waals surface area contributed by atoms with Crippen molar-refractivity contribution in [3.63, 3.8) is 0 Å². The molecular weight excluding hydrogens is 382 g/mol. The van der Waals surface area contributed by atoms with Crippen LogP contribution in [0.25, 0.3) is 22.3 Å². The van der Waals surface area contributed by atoms with Crippen LogP contribution in [0.2, 0.25) is 0 Å². The third-order valence-electron chi connectivity index (χ3n) is 4.87. The Morgan fingerprint density at radius 1 is 0.500 bits per heavy atom. The number of halogens is 1. The highest BCUT2D eigenvalue weighted by molar-refractivity contribution is 9.10. The van der Waals surface area contributed by atoms with Crippen LogP contribution >= 0.6 is 15.9 Å². The molecule has 4 aromatic carbocycles. The van der Waals surface area contributed by atoms with Crippen molar-refractivity contribution in [2.75, 3.05) is 4.90 Å². The van der Waals surface area contributed by atoms with Gasteiger partial charge in [-0.1, -0.05) is 76.6 Å². The summed E-state index contributed by atoms with van der Waals surface area (Å²) < 4.78 is 1.09. The lowest BCUT2D eigenvalue weighted by Gasteiger charge is -2.27. The number of benzene rings is 4. The Balaban J connectivity index is 1.92. The van der Waals surface area contributed by atoms with Crippen molar-refractivity contribution in [1.82, 2.24) is 0 Å². The van der Waals surface area contributed by atoms with E-state index in [0.29, 0.717) is 0 Å². The molecule has 0 bridgehead atoms. The van der Waals surface area contributed by atoms with E-state index >= 15 is 0 Å². The molecule has 0 aromatic heterocycles. The van der Waals surface area contributed by atoms with Crippen LogP contribution in [0, 0.1) is 0 Å². The van der Waals surface area contributed by atoms with E-state index in [9.17, 15) is 0 Å². The number of rotatable bonds is 1. The molecule has 26 heavy (non-hydrogen) atoms. The highest BCUT2D eigenvalue weighted by Crippen LogP contribution is 2.50. The minimum absolute atomic E-state index is 1.09. The molecule has 1 heterocycles. The standard InChI is InChI=1S/C24H16BrN/c25-17-14-15-19-20-10-4-6-12-23(20)26(18-8-2-1-3-9-18)24-13-7-5-11-21(24)22(19)16-17/h1-16H. The molecule has 0 unspecified atom stereocenters. The fourth-order valence-corrected chi connectivity index (χ4v) is 4.11. The minimum Gasteiger partial charge on any atom is -0.309 e. The lowest BCUT2D eigenvalue weighted by molar-refractivity contribution is 1.29. The van der Waals surface area contributed by atoms with Crippen LogP contribution in [0.4, 0.5) is 17.1 Å².